The third-order valence-corrected chi connectivity index (χ3v) is 8.50. The summed E-state index contributed by atoms with van der Waals surface area (Å²) in [6.07, 6.45) is 2.39. The number of fused-ring (bicyclic) bond motifs is 1. The number of benzene rings is 3. The van der Waals surface area contributed by atoms with Crippen LogP contribution >= 0.6 is 11.6 Å². The molecule has 5 heteroatoms. The molecular weight excluding hydrogens is 506 g/mol. The van der Waals surface area contributed by atoms with Crippen molar-refractivity contribution in [3.8, 4) is 5.75 Å². The molecule has 0 radical (unpaired) electrons. The van der Waals surface area contributed by atoms with Gasteiger partial charge in [0, 0.05) is 51.9 Å². The second-order valence-electron chi connectivity index (χ2n) is 12.8. The number of halogens is 1. The molecule has 0 saturated heterocycles. The van der Waals surface area contributed by atoms with Gasteiger partial charge >= 0.3 is 0 Å². The lowest BCUT2D eigenvalue weighted by molar-refractivity contribution is -0.119. The summed E-state index contributed by atoms with van der Waals surface area (Å²) < 4.78 is 6.50. The third-order valence-electron chi connectivity index (χ3n) is 8.27. The van der Waals surface area contributed by atoms with Crippen LogP contribution in [0.25, 0.3) is 10.8 Å². The lowest BCUT2D eigenvalue weighted by atomic mass is 9.64. The van der Waals surface area contributed by atoms with E-state index in [2.05, 4.69) is 57.3 Å². The van der Waals surface area contributed by atoms with Gasteiger partial charge in [-0.2, -0.15) is 0 Å². The number of carbonyl (C=O) groups is 2. The maximum atomic E-state index is 13.8. The molecule has 0 spiro atoms. The first-order valence-electron chi connectivity index (χ1n) is 13.7. The highest BCUT2D eigenvalue weighted by Gasteiger charge is 2.47. The second kappa shape index (κ2) is 9.38. The van der Waals surface area contributed by atoms with Crippen molar-refractivity contribution in [1.29, 1.82) is 0 Å². The Bertz CT molecular complexity index is 1540. The van der Waals surface area contributed by atoms with Gasteiger partial charge in [-0.05, 0) is 58.2 Å². The number of rotatable bonds is 4. The van der Waals surface area contributed by atoms with Gasteiger partial charge in [0.2, 0.25) is 0 Å². The fourth-order valence-corrected chi connectivity index (χ4v) is 6.83. The van der Waals surface area contributed by atoms with E-state index < -0.39 is 5.92 Å². The molecule has 0 fully saturated rings. The van der Waals surface area contributed by atoms with Crippen LogP contribution in [-0.2, 0) is 16.2 Å². The zero-order valence-electron chi connectivity index (χ0n) is 23.0. The van der Waals surface area contributed by atoms with Gasteiger partial charge in [0.05, 0.1) is 0 Å². The van der Waals surface area contributed by atoms with Crippen molar-refractivity contribution in [2.24, 2.45) is 10.8 Å². The highest BCUT2D eigenvalue weighted by atomic mass is 35.5. The van der Waals surface area contributed by atoms with Gasteiger partial charge in [-0.15, -0.1) is 0 Å². The quantitative estimate of drug-likeness (QED) is 0.364. The summed E-state index contributed by atoms with van der Waals surface area (Å²) in [7, 11) is 0. The van der Waals surface area contributed by atoms with Gasteiger partial charge in [-0.3, -0.25) is 9.59 Å². The molecule has 3 aromatic rings. The third kappa shape index (κ3) is 4.80. The Balaban J connectivity index is 1.47. The first kappa shape index (κ1) is 25.9. The zero-order valence-corrected chi connectivity index (χ0v) is 23.7. The first-order chi connectivity index (χ1) is 18.5. The summed E-state index contributed by atoms with van der Waals surface area (Å²) >= 11 is 6.57. The summed E-state index contributed by atoms with van der Waals surface area (Å²) in [6, 6.07) is 20.0. The van der Waals surface area contributed by atoms with E-state index in [4.69, 9.17) is 16.3 Å². The van der Waals surface area contributed by atoms with Crippen LogP contribution in [0.15, 0.2) is 83.2 Å². The second-order valence-corrected chi connectivity index (χ2v) is 13.3. The molecule has 3 aliphatic rings. The summed E-state index contributed by atoms with van der Waals surface area (Å²) in [5.41, 5.74) is 4.81. The van der Waals surface area contributed by atoms with Gasteiger partial charge in [0.1, 0.15) is 12.4 Å². The van der Waals surface area contributed by atoms with Crippen molar-refractivity contribution in [3.63, 3.8) is 0 Å². The Morgan fingerprint density at radius 2 is 1.44 bits per heavy atom. The van der Waals surface area contributed by atoms with E-state index in [0.717, 1.165) is 46.1 Å². The molecule has 0 aromatic heterocycles. The number of Topliss-reactive ketones (excluding diaryl/α,β-unsaturated/α-hetero) is 2. The van der Waals surface area contributed by atoms with Crippen LogP contribution < -0.4 is 10.1 Å². The molecule has 0 amide bonds. The molecule has 0 bridgehead atoms. The highest BCUT2D eigenvalue weighted by Crippen LogP contribution is 2.52. The Labute approximate surface area is 235 Å². The van der Waals surface area contributed by atoms with Crippen molar-refractivity contribution in [2.75, 3.05) is 0 Å². The maximum Gasteiger partial charge on any atom is 0.162 e. The normalized spacial score (nSPS) is 20.5. The Hall–Kier alpha value is -3.37. The van der Waals surface area contributed by atoms with Gasteiger partial charge in [0.15, 0.2) is 11.6 Å². The maximum absolute atomic E-state index is 13.8. The topological polar surface area (TPSA) is 55.4 Å². The molecule has 1 aliphatic heterocycles. The Kier molecular flexibility index (Phi) is 6.22. The van der Waals surface area contributed by atoms with Crippen molar-refractivity contribution in [3.05, 3.63) is 99.4 Å². The average molecular weight is 540 g/mol. The summed E-state index contributed by atoms with van der Waals surface area (Å²) in [5, 5.41) is 6.43. The van der Waals surface area contributed by atoms with Crippen LogP contribution in [-0.4, -0.2) is 11.6 Å². The van der Waals surface area contributed by atoms with Crippen molar-refractivity contribution in [1.82, 2.24) is 5.32 Å². The summed E-state index contributed by atoms with van der Waals surface area (Å²) in [4.78, 5) is 27.5. The number of allylic oxidation sites excluding steroid dienone is 4. The van der Waals surface area contributed by atoms with Crippen LogP contribution in [0, 0.1) is 10.8 Å². The molecule has 0 saturated carbocycles. The predicted molar refractivity (Wildman–Crippen MR) is 156 cm³/mol. The molecule has 4 nitrogen and oxygen atoms in total. The van der Waals surface area contributed by atoms with E-state index in [9.17, 15) is 9.59 Å². The molecule has 0 unspecified atom stereocenters. The fourth-order valence-electron chi connectivity index (χ4n) is 6.65. The van der Waals surface area contributed by atoms with Gasteiger partial charge in [0.25, 0.3) is 0 Å². The summed E-state index contributed by atoms with van der Waals surface area (Å²) in [6.45, 7) is 8.88. The predicted octanol–water partition coefficient (Wildman–Crippen LogP) is 8.05. The first-order valence-corrected chi connectivity index (χ1v) is 14.1. The Morgan fingerprint density at radius 3 is 2.10 bits per heavy atom. The highest BCUT2D eigenvalue weighted by molar-refractivity contribution is 6.30. The van der Waals surface area contributed by atoms with E-state index >= 15 is 0 Å². The zero-order chi connectivity index (χ0) is 27.5. The largest absolute Gasteiger partial charge is 0.489 e. The van der Waals surface area contributed by atoms with Crippen LogP contribution in [0.4, 0.5) is 0 Å². The standard InChI is InChI=1S/C34H34ClNO3/c1-33(2)15-25-31(27(37)17-33)30(32-26(36-25)16-34(3,4)18-28(32)38)24-14-22(35)12-13-29(24)39-19-21-10-7-9-20-8-5-6-11-23(20)21/h5-14,30,36H,15-19H2,1-4H3. The van der Waals surface area contributed by atoms with E-state index in [1.54, 1.807) is 0 Å². The number of hydrogen-bond donors (Lipinski definition) is 1. The molecule has 2 aliphatic carbocycles. The van der Waals surface area contributed by atoms with Crippen molar-refractivity contribution >= 4 is 33.9 Å². The Morgan fingerprint density at radius 1 is 0.821 bits per heavy atom. The number of carbonyl (C=O) groups excluding carboxylic acids is 2. The molecule has 0 atom stereocenters. The molecule has 6 rings (SSSR count). The van der Waals surface area contributed by atoms with Crippen LogP contribution in [0.1, 0.15) is 70.4 Å². The molecule has 3 aromatic carbocycles. The monoisotopic (exact) mass is 539 g/mol. The van der Waals surface area contributed by atoms with Crippen molar-refractivity contribution in [2.45, 2.75) is 65.9 Å². The smallest absolute Gasteiger partial charge is 0.162 e. The van der Waals surface area contributed by atoms with Gasteiger partial charge in [-0.1, -0.05) is 81.8 Å². The lowest BCUT2D eigenvalue weighted by Crippen LogP contribution is -2.42. The number of hydrogen-bond acceptors (Lipinski definition) is 4. The van der Waals surface area contributed by atoms with Crippen LogP contribution in [0.2, 0.25) is 5.02 Å². The van der Waals surface area contributed by atoms with Crippen LogP contribution in [0.3, 0.4) is 0 Å². The molecule has 200 valence electrons. The van der Waals surface area contributed by atoms with E-state index in [-0.39, 0.29) is 22.4 Å². The number of nitrogens with one attached hydrogen (secondary N) is 1. The molecule has 39 heavy (non-hydrogen) atoms. The summed E-state index contributed by atoms with van der Waals surface area (Å²) in [5.74, 6) is 0.323. The van der Waals surface area contributed by atoms with E-state index in [0.29, 0.717) is 41.4 Å². The minimum atomic E-state index is -0.496. The molecule has 1 heterocycles. The van der Waals surface area contributed by atoms with Gasteiger partial charge in [-0.25, -0.2) is 0 Å². The van der Waals surface area contributed by atoms with Gasteiger partial charge < -0.3 is 10.1 Å². The minimum absolute atomic E-state index is 0.0860. The van der Waals surface area contributed by atoms with Crippen molar-refractivity contribution < 1.29 is 14.3 Å². The fraction of sp³-hybridized carbons (Fsp3) is 0.353. The van der Waals surface area contributed by atoms with E-state index in [1.165, 1.54) is 0 Å². The van der Waals surface area contributed by atoms with E-state index in [1.807, 2.05) is 36.4 Å². The number of dihydropyridines is 1. The average Bonchev–Trinajstić information content (AvgIpc) is 2.85. The minimum Gasteiger partial charge on any atom is -0.489 e. The molecule has 1 N–H and O–H groups in total. The number of ether oxygens (including phenoxy) is 1. The van der Waals surface area contributed by atoms with Crippen LogP contribution in [0.5, 0.6) is 5.75 Å². The SMILES string of the molecule is CC1(C)CC(=O)C2=C(C1)NC1=C(C(=O)CC(C)(C)C1)C2c1cc(Cl)ccc1OCc1cccc2ccccc12. The number of ketones is 2. The molecular formula is C34H34ClNO3. The lowest BCUT2D eigenvalue weighted by Gasteiger charge is -2.44.